The topological polar surface area (TPSA) is 45.7 Å². The van der Waals surface area contributed by atoms with Crippen molar-refractivity contribution in [1.82, 2.24) is 14.8 Å². The number of aryl methyl sites for hydroxylation is 1. The number of pyridine rings is 1. The van der Waals surface area contributed by atoms with Crippen LogP contribution in [0.3, 0.4) is 0 Å². The Morgan fingerprint density at radius 1 is 1.43 bits per heavy atom. The summed E-state index contributed by atoms with van der Waals surface area (Å²) >= 11 is 0. The third-order valence-electron chi connectivity index (χ3n) is 3.78. The molecule has 1 fully saturated rings. The molecule has 2 atom stereocenters. The quantitative estimate of drug-likeness (QED) is 0.772. The lowest BCUT2D eigenvalue weighted by Crippen LogP contribution is -2.51. The summed E-state index contributed by atoms with van der Waals surface area (Å²) in [6.07, 6.45) is 5.60. The fourth-order valence-corrected chi connectivity index (χ4v) is 2.89. The third-order valence-corrected chi connectivity index (χ3v) is 3.78. The number of hydrogen-bond acceptors (Lipinski definition) is 4. The summed E-state index contributed by atoms with van der Waals surface area (Å²) < 4.78 is 5.68. The van der Waals surface area contributed by atoms with Crippen LogP contribution in [0.15, 0.2) is 18.2 Å². The van der Waals surface area contributed by atoms with Gasteiger partial charge in [-0.05, 0) is 32.9 Å². The number of aromatic nitrogens is 1. The van der Waals surface area contributed by atoms with Gasteiger partial charge in [-0.3, -0.25) is 14.7 Å². The highest BCUT2D eigenvalue weighted by atomic mass is 16.5. The molecular weight excluding hydrogens is 290 g/mol. The van der Waals surface area contributed by atoms with Gasteiger partial charge < -0.3 is 9.64 Å². The monoisotopic (exact) mass is 315 g/mol. The Bertz CT molecular complexity index is 572. The van der Waals surface area contributed by atoms with Gasteiger partial charge in [-0.25, -0.2) is 0 Å². The normalized spacial score (nSPS) is 21.3. The van der Waals surface area contributed by atoms with Crippen LogP contribution < -0.4 is 0 Å². The van der Waals surface area contributed by atoms with Gasteiger partial charge >= 0.3 is 0 Å². The second-order valence-electron chi connectivity index (χ2n) is 6.18. The van der Waals surface area contributed by atoms with Crippen molar-refractivity contribution in [3.63, 3.8) is 0 Å². The maximum Gasteiger partial charge on any atom is 0.236 e. The second kappa shape index (κ2) is 8.09. The van der Waals surface area contributed by atoms with Crippen LogP contribution in [0.4, 0.5) is 0 Å². The van der Waals surface area contributed by atoms with E-state index in [1.807, 2.05) is 48.8 Å². The number of morpholine rings is 1. The van der Waals surface area contributed by atoms with Crippen LogP contribution in [0.5, 0.6) is 0 Å². The SMILES string of the molecule is C#CCN(CC(=O)N1C[C@@H](C)O[C@@H](C)C1)Cc1cccc(C)n1. The molecule has 2 heterocycles. The van der Waals surface area contributed by atoms with Gasteiger partial charge in [0.2, 0.25) is 5.91 Å². The summed E-state index contributed by atoms with van der Waals surface area (Å²) in [6, 6.07) is 5.88. The Balaban J connectivity index is 1.98. The molecule has 5 heteroatoms. The maximum atomic E-state index is 12.6. The summed E-state index contributed by atoms with van der Waals surface area (Å²) in [4.78, 5) is 20.9. The first-order chi connectivity index (χ1) is 11.0. The van der Waals surface area contributed by atoms with Crippen LogP contribution in [-0.2, 0) is 16.1 Å². The zero-order chi connectivity index (χ0) is 16.8. The Morgan fingerprint density at radius 3 is 2.74 bits per heavy atom. The number of ether oxygens (including phenoxy) is 1. The third kappa shape index (κ3) is 5.34. The van der Waals surface area contributed by atoms with Crippen LogP contribution >= 0.6 is 0 Å². The molecule has 2 rings (SSSR count). The molecule has 1 saturated heterocycles. The lowest BCUT2D eigenvalue weighted by Gasteiger charge is -2.36. The number of carbonyl (C=O) groups is 1. The Hall–Kier alpha value is -1.90. The van der Waals surface area contributed by atoms with Crippen LogP contribution in [0, 0.1) is 19.3 Å². The number of amides is 1. The summed E-state index contributed by atoms with van der Waals surface area (Å²) in [7, 11) is 0. The Kier molecular flexibility index (Phi) is 6.14. The molecule has 0 saturated carbocycles. The molecule has 1 aromatic heterocycles. The molecule has 0 radical (unpaired) electrons. The number of terminal acetylenes is 1. The van der Waals surface area contributed by atoms with E-state index < -0.39 is 0 Å². The van der Waals surface area contributed by atoms with E-state index in [-0.39, 0.29) is 18.1 Å². The minimum absolute atomic E-state index is 0.0715. The van der Waals surface area contributed by atoms with Gasteiger partial charge in [0, 0.05) is 25.3 Å². The van der Waals surface area contributed by atoms with E-state index in [1.165, 1.54) is 0 Å². The highest BCUT2D eigenvalue weighted by molar-refractivity contribution is 5.78. The zero-order valence-corrected chi connectivity index (χ0v) is 14.2. The van der Waals surface area contributed by atoms with E-state index >= 15 is 0 Å². The van der Waals surface area contributed by atoms with E-state index in [2.05, 4.69) is 10.9 Å². The minimum atomic E-state index is 0.0715. The van der Waals surface area contributed by atoms with E-state index in [0.717, 1.165) is 11.4 Å². The molecule has 1 aliphatic rings. The van der Waals surface area contributed by atoms with Crippen molar-refractivity contribution in [3.8, 4) is 12.3 Å². The molecule has 0 spiro atoms. The Morgan fingerprint density at radius 2 is 2.13 bits per heavy atom. The summed E-state index contributed by atoms with van der Waals surface area (Å²) in [6.45, 7) is 8.52. The van der Waals surface area contributed by atoms with Gasteiger partial charge in [-0.15, -0.1) is 6.42 Å². The van der Waals surface area contributed by atoms with Crippen molar-refractivity contribution >= 4 is 5.91 Å². The zero-order valence-electron chi connectivity index (χ0n) is 14.2. The molecule has 0 aromatic carbocycles. The van der Waals surface area contributed by atoms with Crippen LogP contribution in [0.25, 0.3) is 0 Å². The van der Waals surface area contributed by atoms with Gasteiger partial charge in [0.25, 0.3) is 0 Å². The Labute approximate surface area is 138 Å². The largest absolute Gasteiger partial charge is 0.372 e. The molecule has 1 aliphatic heterocycles. The highest BCUT2D eigenvalue weighted by Crippen LogP contribution is 2.12. The highest BCUT2D eigenvalue weighted by Gasteiger charge is 2.26. The van der Waals surface area contributed by atoms with Crippen LogP contribution in [0.2, 0.25) is 0 Å². The van der Waals surface area contributed by atoms with Crippen molar-refractivity contribution in [2.45, 2.75) is 39.5 Å². The van der Waals surface area contributed by atoms with Gasteiger partial charge in [-0.2, -0.15) is 0 Å². The van der Waals surface area contributed by atoms with E-state index in [1.54, 1.807) is 0 Å². The molecule has 124 valence electrons. The van der Waals surface area contributed by atoms with Crippen LogP contribution in [-0.4, -0.2) is 59.1 Å². The molecular formula is C18H25N3O2. The predicted octanol–water partition coefficient (Wildman–Crippen LogP) is 1.46. The van der Waals surface area contributed by atoms with E-state index in [4.69, 9.17) is 11.2 Å². The summed E-state index contributed by atoms with van der Waals surface area (Å²) in [5.41, 5.74) is 1.89. The molecule has 1 amide bonds. The van der Waals surface area contributed by atoms with E-state index in [0.29, 0.717) is 32.7 Å². The minimum Gasteiger partial charge on any atom is -0.372 e. The van der Waals surface area contributed by atoms with Crippen molar-refractivity contribution < 1.29 is 9.53 Å². The number of nitrogens with zero attached hydrogens (tertiary/aromatic N) is 3. The molecule has 1 aromatic rings. The predicted molar refractivity (Wildman–Crippen MR) is 89.7 cm³/mol. The number of carbonyl (C=O) groups excluding carboxylic acids is 1. The van der Waals surface area contributed by atoms with Crippen molar-refractivity contribution in [2.24, 2.45) is 0 Å². The van der Waals surface area contributed by atoms with Crippen molar-refractivity contribution in [1.29, 1.82) is 0 Å². The van der Waals surface area contributed by atoms with Gasteiger partial charge in [0.05, 0.1) is 31.0 Å². The van der Waals surface area contributed by atoms with Crippen molar-refractivity contribution in [3.05, 3.63) is 29.6 Å². The van der Waals surface area contributed by atoms with Gasteiger partial charge in [0.1, 0.15) is 0 Å². The number of rotatable bonds is 5. The molecule has 0 unspecified atom stereocenters. The molecule has 0 N–H and O–H groups in total. The first-order valence-electron chi connectivity index (χ1n) is 7.99. The first kappa shape index (κ1) is 17.5. The first-order valence-corrected chi connectivity index (χ1v) is 7.99. The fraction of sp³-hybridized carbons (Fsp3) is 0.556. The lowest BCUT2D eigenvalue weighted by atomic mass is 10.2. The smallest absolute Gasteiger partial charge is 0.236 e. The lowest BCUT2D eigenvalue weighted by molar-refractivity contribution is -0.144. The second-order valence-corrected chi connectivity index (χ2v) is 6.18. The molecule has 5 nitrogen and oxygen atoms in total. The molecule has 0 bridgehead atoms. The van der Waals surface area contributed by atoms with Crippen molar-refractivity contribution in [2.75, 3.05) is 26.2 Å². The fourth-order valence-electron chi connectivity index (χ4n) is 2.89. The van der Waals surface area contributed by atoms with E-state index in [9.17, 15) is 4.79 Å². The van der Waals surface area contributed by atoms with Gasteiger partial charge in [-0.1, -0.05) is 12.0 Å². The van der Waals surface area contributed by atoms with Gasteiger partial charge in [0.15, 0.2) is 0 Å². The average molecular weight is 315 g/mol. The maximum absolute atomic E-state index is 12.6. The number of hydrogen-bond donors (Lipinski definition) is 0. The van der Waals surface area contributed by atoms with Crippen LogP contribution in [0.1, 0.15) is 25.2 Å². The average Bonchev–Trinajstić information content (AvgIpc) is 2.46. The standard InChI is InChI=1S/C18H25N3O2/c1-5-9-20(12-17-8-6-7-14(2)19-17)13-18(22)21-10-15(3)23-16(4)11-21/h1,6-8,15-16H,9-13H2,2-4H3/t15-,16+. The molecule has 0 aliphatic carbocycles. The summed E-state index contributed by atoms with van der Waals surface area (Å²) in [5, 5.41) is 0. The summed E-state index contributed by atoms with van der Waals surface area (Å²) in [5.74, 6) is 2.72. The molecule has 23 heavy (non-hydrogen) atoms.